The fraction of sp³-hybridized carbons (Fsp3) is 0.737. The predicted octanol–water partition coefficient (Wildman–Crippen LogP) is 2.13. The molecule has 1 aliphatic heterocycles. The molecule has 0 amide bonds. The molecule has 0 radical (unpaired) electrons. The van der Waals surface area contributed by atoms with Gasteiger partial charge in [-0.25, -0.2) is 13.1 Å². The lowest BCUT2D eigenvalue weighted by Gasteiger charge is -2.57. The van der Waals surface area contributed by atoms with E-state index in [0.717, 1.165) is 50.1 Å². The first-order valence-corrected chi connectivity index (χ1v) is 11.5. The molecule has 1 saturated carbocycles. The number of nitrogens with zero attached hydrogens (tertiary/aromatic N) is 3. The topological polar surface area (TPSA) is 67.2 Å². The molecule has 144 valence electrons. The molecular formula is C19H30N4O2S. The Hall–Kier alpha value is -1.18. The summed E-state index contributed by atoms with van der Waals surface area (Å²) in [5.41, 5.74) is 4.09. The Morgan fingerprint density at radius 3 is 2.85 bits per heavy atom. The largest absolute Gasteiger partial charge is 0.294 e. The van der Waals surface area contributed by atoms with Gasteiger partial charge in [0.05, 0.1) is 24.2 Å². The van der Waals surface area contributed by atoms with Crippen molar-refractivity contribution >= 4 is 10.0 Å². The summed E-state index contributed by atoms with van der Waals surface area (Å²) >= 11 is 0. The molecule has 2 heterocycles. The Morgan fingerprint density at radius 2 is 2.15 bits per heavy atom. The van der Waals surface area contributed by atoms with Crippen molar-refractivity contribution in [1.29, 1.82) is 0 Å². The van der Waals surface area contributed by atoms with E-state index >= 15 is 0 Å². The molecule has 1 N–H and O–H groups in total. The van der Waals surface area contributed by atoms with Gasteiger partial charge in [-0.2, -0.15) is 5.10 Å². The fourth-order valence-corrected chi connectivity index (χ4v) is 5.34. The summed E-state index contributed by atoms with van der Waals surface area (Å²) in [6.45, 7) is 9.06. The van der Waals surface area contributed by atoms with Gasteiger partial charge in [0.25, 0.3) is 0 Å². The second kappa shape index (κ2) is 6.46. The van der Waals surface area contributed by atoms with Crippen molar-refractivity contribution in [1.82, 2.24) is 19.4 Å². The number of aromatic nitrogens is 2. The van der Waals surface area contributed by atoms with Crippen LogP contribution in [0.5, 0.6) is 0 Å². The van der Waals surface area contributed by atoms with Crippen LogP contribution in [0.15, 0.2) is 17.7 Å². The first-order valence-electron chi connectivity index (χ1n) is 9.64. The van der Waals surface area contributed by atoms with Crippen LogP contribution < -0.4 is 4.72 Å². The van der Waals surface area contributed by atoms with Crippen LogP contribution in [0.3, 0.4) is 0 Å². The van der Waals surface area contributed by atoms with E-state index in [2.05, 4.69) is 45.4 Å². The molecule has 3 aliphatic carbocycles. The normalized spacial score (nSPS) is 28.0. The average Bonchev–Trinajstić information content (AvgIpc) is 2.85. The Balaban J connectivity index is 1.43. The minimum atomic E-state index is -3.19. The van der Waals surface area contributed by atoms with Gasteiger partial charge in [-0.05, 0) is 42.6 Å². The maximum Gasteiger partial charge on any atom is 0.209 e. The van der Waals surface area contributed by atoms with Gasteiger partial charge in [-0.3, -0.25) is 9.58 Å². The number of fused-ring (bicyclic) bond motifs is 2. The van der Waals surface area contributed by atoms with Crippen LogP contribution in [0.2, 0.25) is 0 Å². The van der Waals surface area contributed by atoms with Gasteiger partial charge in [-0.1, -0.05) is 25.5 Å². The molecule has 0 spiro atoms. The van der Waals surface area contributed by atoms with Gasteiger partial charge >= 0.3 is 0 Å². The molecule has 5 rings (SSSR count). The van der Waals surface area contributed by atoms with Crippen LogP contribution in [0.25, 0.3) is 0 Å². The Kier molecular flexibility index (Phi) is 4.52. The SMILES string of the molecule is CC1(C)[C@H]2CC=C(CN3CCCn4nc(CNS(C)(=O)=O)cc4C3)[C@@H]1C2. The van der Waals surface area contributed by atoms with E-state index in [0.29, 0.717) is 5.41 Å². The van der Waals surface area contributed by atoms with Crippen molar-refractivity contribution in [3.63, 3.8) is 0 Å². The van der Waals surface area contributed by atoms with Crippen molar-refractivity contribution in [2.75, 3.05) is 19.3 Å². The van der Waals surface area contributed by atoms with Gasteiger partial charge in [-0.15, -0.1) is 0 Å². The van der Waals surface area contributed by atoms with Crippen molar-refractivity contribution in [2.45, 2.75) is 52.7 Å². The highest BCUT2D eigenvalue weighted by Gasteiger charge is 2.51. The first kappa shape index (κ1) is 18.2. The van der Waals surface area contributed by atoms with E-state index < -0.39 is 10.0 Å². The second-order valence-corrected chi connectivity index (χ2v) is 10.7. The van der Waals surface area contributed by atoms with Crippen LogP contribution in [0.1, 0.15) is 44.5 Å². The van der Waals surface area contributed by atoms with E-state index in [1.807, 2.05) is 0 Å². The summed E-state index contributed by atoms with van der Waals surface area (Å²) in [5.74, 6) is 1.63. The molecule has 2 atom stereocenters. The van der Waals surface area contributed by atoms with Crippen LogP contribution in [-0.2, 0) is 29.7 Å². The monoisotopic (exact) mass is 378 g/mol. The molecule has 26 heavy (non-hydrogen) atoms. The Bertz CT molecular complexity index is 825. The van der Waals surface area contributed by atoms with Crippen molar-refractivity contribution < 1.29 is 8.42 Å². The summed E-state index contributed by atoms with van der Waals surface area (Å²) in [6, 6.07) is 2.05. The lowest BCUT2D eigenvalue weighted by Crippen LogP contribution is -2.49. The van der Waals surface area contributed by atoms with E-state index in [4.69, 9.17) is 0 Å². The summed E-state index contributed by atoms with van der Waals surface area (Å²) in [6.07, 6.45) is 7.36. The average molecular weight is 379 g/mol. The molecule has 4 aliphatic rings. The van der Waals surface area contributed by atoms with Gasteiger partial charge < -0.3 is 0 Å². The molecule has 1 fully saturated rings. The van der Waals surface area contributed by atoms with Crippen molar-refractivity contribution in [3.8, 4) is 0 Å². The summed E-state index contributed by atoms with van der Waals surface area (Å²) < 4.78 is 27.2. The number of sulfonamides is 1. The van der Waals surface area contributed by atoms with Crippen molar-refractivity contribution in [2.24, 2.45) is 17.3 Å². The Morgan fingerprint density at radius 1 is 1.35 bits per heavy atom. The molecule has 1 aromatic heterocycles. The molecule has 6 nitrogen and oxygen atoms in total. The summed E-state index contributed by atoms with van der Waals surface area (Å²) in [5, 5.41) is 4.59. The van der Waals surface area contributed by atoms with E-state index in [-0.39, 0.29) is 6.54 Å². The lowest BCUT2D eigenvalue weighted by molar-refractivity contribution is -0.0108. The van der Waals surface area contributed by atoms with Gasteiger partial charge in [0.2, 0.25) is 10.0 Å². The molecule has 0 saturated heterocycles. The zero-order chi connectivity index (χ0) is 18.5. The number of hydrogen-bond acceptors (Lipinski definition) is 4. The summed E-state index contributed by atoms with van der Waals surface area (Å²) in [7, 11) is -3.19. The molecule has 2 bridgehead atoms. The molecule has 7 heteroatoms. The molecule has 1 aromatic rings. The third-order valence-corrected chi connectivity index (χ3v) is 7.32. The van der Waals surface area contributed by atoms with E-state index in [1.54, 1.807) is 5.57 Å². The van der Waals surface area contributed by atoms with Gasteiger partial charge in [0, 0.05) is 26.2 Å². The maximum atomic E-state index is 11.3. The number of nitrogens with one attached hydrogen (secondary N) is 1. The molecule has 0 aromatic carbocycles. The zero-order valence-electron chi connectivity index (χ0n) is 16.0. The van der Waals surface area contributed by atoms with Crippen LogP contribution >= 0.6 is 0 Å². The van der Waals surface area contributed by atoms with Crippen molar-refractivity contribution in [3.05, 3.63) is 29.1 Å². The highest BCUT2D eigenvalue weighted by molar-refractivity contribution is 7.88. The van der Waals surface area contributed by atoms with Gasteiger partial charge in [0.15, 0.2) is 0 Å². The lowest BCUT2D eigenvalue weighted by atomic mass is 9.49. The number of allylic oxidation sites excluding steroid dienone is 1. The highest BCUT2D eigenvalue weighted by atomic mass is 32.2. The standard InChI is InChI=1S/C19H30N4O2S/c1-19(2)15-6-5-14(18(19)9-15)12-22-7-4-8-23-17(13-22)10-16(21-23)11-20-26(3,24)25/h5,10,15,18,20H,4,6-9,11-13H2,1-3H3/t15-,18-/m0/s1. The maximum absolute atomic E-state index is 11.3. The van der Waals surface area contributed by atoms with E-state index in [9.17, 15) is 8.42 Å². The number of rotatable bonds is 5. The summed E-state index contributed by atoms with van der Waals surface area (Å²) in [4.78, 5) is 2.54. The quantitative estimate of drug-likeness (QED) is 0.797. The first-order chi connectivity index (χ1) is 12.2. The van der Waals surface area contributed by atoms with Gasteiger partial charge in [0.1, 0.15) is 0 Å². The molecule has 0 unspecified atom stereocenters. The zero-order valence-corrected chi connectivity index (χ0v) is 16.8. The fourth-order valence-electron chi connectivity index (χ4n) is 4.93. The third kappa shape index (κ3) is 3.49. The molecular weight excluding hydrogens is 348 g/mol. The smallest absolute Gasteiger partial charge is 0.209 e. The number of hydrogen-bond donors (Lipinski definition) is 1. The van der Waals surface area contributed by atoms with Crippen LogP contribution in [0.4, 0.5) is 0 Å². The minimum absolute atomic E-state index is 0.266. The number of aryl methyl sites for hydroxylation is 1. The second-order valence-electron chi connectivity index (χ2n) is 8.83. The Labute approximate surface area is 156 Å². The highest BCUT2D eigenvalue weighted by Crippen LogP contribution is 2.59. The third-order valence-electron chi connectivity index (χ3n) is 6.65. The van der Waals surface area contributed by atoms with E-state index in [1.165, 1.54) is 24.8 Å². The minimum Gasteiger partial charge on any atom is -0.294 e. The van der Waals surface area contributed by atoms with Crippen LogP contribution in [0, 0.1) is 17.3 Å². The van der Waals surface area contributed by atoms with Crippen LogP contribution in [-0.4, -0.2) is 42.4 Å². The predicted molar refractivity (Wildman–Crippen MR) is 102 cm³/mol.